The lowest BCUT2D eigenvalue weighted by Gasteiger charge is -2.21. The second-order valence-electron chi connectivity index (χ2n) is 7.53. The Labute approximate surface area is 172 Å². The van der Waals surface area contributed by atoms with Crippen molar-refractivity contribution in [2.75, 3.05) is 13.2 Å². The topological polar surface area (TPSA) is 93.7 Å². The SMILES string of the molecule is N#Cc1c(O[C@H]2CO[C@H]3[C@@H]2OC[C@@H]3O)c2ccccc2n(Cc2ccccc2)c1=O. The van der Waals surface area contributed by atoms with Crippen molar-refractivity contribution in [2.24, 2.45) is 0 Å². The molecular weight excluding hydrogens is 384 g/mol. The molecule has 3 aromatic rings. The minimum Gasteiger partial charge on any atom is -0.483 e. The van der Waals surface area contributed by atoms with Crippen LogP contribution in [0.3, 0.4) is 0 Å². The summed E-state index contributed by atoms with van der Waals surface area (Å²) in [4.78, 5) is 13.3. The third-order valence-corrected chi connectivity index (χ3v) is 5.67. The Morgan fingerprint density at radius 2 is 1.80 bits per heavy atom. The van der Waals surface area contributed by atoms with Crippen molar-refractivity contribution in [1.29, 1.82) is 5.26 Å². The maximum atomic E-state index is 13.3. The Kier molecular flexibility index (Phi) is 4.75. The highest BCUT2D eigenvalue weighted by molar-refractivity contribution is 5.87. The van der Waals surface area contributed by atoms with E-state index in [-0.39, 0.29) is 24.5 Å². The molecule has 2 fully saturated rings. The average molecular weight is 404 g/mol. The van der Waals surface area contributed by atoms with Crippen molar-refractivity contribution in [1.82, 2.24) is 4.57 Å². The lowest BCUT2D eigenvalue weighted by atomic mass is 10.1. The van der Waals surface area contributed by atoms with Crippen LogP contribution in [-0.4, -0.2) is 47.3 Å². The van der Waals surface area contributed by atoms with Crippen molar-refractivity contribution >= 4 is 10.9 Å². The monoisotopic (exact) mass is 404 g/mol. The minimum atomic E-state index is -0.699. The smallest absolute Gasteiger partial charge is 0.273 e. The van der Waals surface area contributed by atoms with Crippen molar-refractivity contribution in [2.45, 2.75) is 31.0 Å². The molecule has 5 rings (SSSR count). The molecule has 0 aliphatic carbocycles. The zero-order chi connectivity index (χ0) is 20.7. The summed E-state index contributed by atoms with van der Waals surface area (Å²) in [6.07, 6.45) is -2.09. The number of benzene rings is 2. The lowest BCUT2D eigenvalue weighted by Crippen LogP contribution is -2.35. The Balaban J connectivity index is 1.60. The zero-order valence-electron chi connectivity index (χ0n) is 16.1. The summed E-state index contributed by atoms with van der Waals surface area (Å²) in [7, 11) is 0. The van der Waals surface area contributed by atoms with Gasteiger partial charge in [-0.05, 0) is 17.7 Å². The van der Waals surface area contributed by atoms with E-state index in [0.717, 1.165) is 5.56 Å². The second kappa shape index (κ2) is 7.58. The van der Waals surface area contributed by atoms with E-state index in [1.165, 1.54) is 0 Å². The maximum absolute atomic E-state index is 13.3. The maximum Gasteiger partial charge on any atom is 0.273 e. The fourth-order valence-electron chi connectivity index (χ4n) is 4.22. The number of nitrogens with zero attached hydrogens (tertiary/aromatic N) is 2. The summed E-state index contributed by atoms with van der Waals surface area (Å²) in [6, 6.07) is 19.0. The molecule has 1 aromatic heterocycles. The van der Waals surface area contributed by atoms with E-state index >= 15 is 0 Å². The predicted molar refractivity (Wildman–Crippen MR) is 108 cm³/mol. The number of para-hydroxylation sites is 1. The number of aliphatic hydroxyl groups is 1. The summed E-state index contributed by atoms with van der Waals surface area (Å²) in [5.41, 5.74) is 1.19. The predicted octanol–water partition coefficient (Wildman–Crippen LogP) is 1.83. The van der Waals surface area contributed by atoms with Crippen LogP contribution in [-0.2, 0) is 16.0 Å². The van der Waals surface area contributed by atoms with Gasteiger partial charge in [-0.1, -0.05) is 42.5 Å². The summed E-state index contributed by atoms with van der Waals surface area (Å²) >= 11 is 0. The summed E-state index contributed by atoms with van der Waals surface area (Å²) < 4.78 is 19.0. The van der Waals surface area contributed by atoms with Gasteiger partial charge in [0.2, 0.25) is 0 Å². The van der Waals surface area contributed by atoms with Gasteiger partial charge in [-0.2, -0.15) is 5.26 Å². The van der Waals surface area contributed by atoms with Gasteiger partial charge in [0, 0.05) is 5.39 Å². The van der Waals surface area contributed by atoms with E-state index in [1.807, 2.05) is 60.7 Å². The molecule has 1 N–H and O–H groups in total. The van der Waals surface area contributed by atoms with Crippen LogP contribution in [0.25, 0.3) is 10.9 Å². The van der Waals surface area contributed by atoms with Gasteiger partial charge in [-0.25, -0.2) is 0 Å². The molecule has 0 saturated carbocycles. The van der Waals surface area contributed by atoms with E-state index in [4.69, 9.17) is 14.2 Å². The number of hydrogen-bond acceptors (Lipinski definition) is 6. The molecule has 2 aromatic carbocycles. The van der Waals surface area contributed by atoms with Gasteiger partial charge < -0.3 is 23.9 Å². The molecule has 30 heavy (non-hydrogen) atoms. The van der Waals surface area contributed by atoms with Crippen molar-refractivity contribution < 1.29 is 19.3 Å². The van der Waals surface area contributed by atoms with Crippen LogP contribution in [0.15, 0.2) is 59.4 Å². The Hall–Kier alpha value is -3.18. The molecule has 0 bridgehead atoms. The van der Waals surface area contributed by atoms with Crippen molar-refractivity contribution in [3.05, 3.63) is 76.1 Å². The Morgan fingerprint density at radius 3 is 2.60 bits per heavy atom. The molecule has 2 aliphatic rings. The van der Waals surface area contributed by atoms with Crippen LogP contribution >= 0.6 is 0 Å². The van der Waals surface area contributed by atoms with Crippen LogP contribution in [0.1, 0.15) is 11.1 Å². The van der Waals surface area contributed by atoms with Crippen LogP contribution < -0.4 is 10.3 Å². The third kappa shape index (κ3) is 3.06. The normalized spacial score (nSPS) is 25.2. The fourth-order valence-corrected chi connectivity index (χ4v) is 4.22. The van der Waals surface area contributed by atoms with E-state index < -0.39 is 30.0 Å². The average Bonchev–Trinajstić information content (AvgIpc) is 3.35. The van der Waals surface area contributed by atoms with Gasteiger partial charge >= 0.3 is 0 Å². The number of nitriles is 1. The van der Waals surface area contributed by atoms with E-state index in [0.29, 0.717) is 17.4 Å². The number of aliphatic hydroxyl groups excluding tert-OH is 1. The molecular formula is C23H20N2O5. The highest BCUT2D eigenvalue weighted by Crippen LogP contribution is 2.34. The molecule has 0 radical (unpaired) electrons. The molecule has 7 heteroatoms. The van der Waals surface area contributed by atoms with Crippen LogP contribution in [0.2, 0.25) is 0 Å². The van der Waals surface area contributed by atoms with Crippen LogP contribution in [0.4, 0.5) is 0 Å². The van der Waals surface area contributed by atoms with Gasteiger partial charge in [0.15, 0.2) is 17.4 Å². The molecule has 2 saturated heterocycles. The second-order valence-corrected chi connectivity index (χ2v) is 7.53. The number of aromatic nitrogens is 1. The van der Waals surface area contributed by atoms with E-state index in [2.05, 4.69) is 0 Å². The first-order valence-corrected chi connectivity index (χ1v) is 9.85. The Morgan fingerprint density at radius 1 is 1.07 bits per heavy atom. The first-order chi connectivity index (χ1) is 14.7. The molecule has 7 nitrogen and oxygen atoms in total. The van der Waals surface area contributed by atoms with E-state index in [1.54, 1.807) is 4.57 Å². The quantitative estimate of drug-likeness (QED) is 0.713. The highest BCUT2D eigenvalue weighted by Gasteiger charge is 2.48. The van der Waals surface area contributed by atoms with Crippen LogP contribution in [0.5, 0.6) is 5.75 Å². The van der Waals surface area contributed by atoms with Gasteiger partial charge in [0.1, 0.15) is 24.4 Å². The highest BCUT2D eigenvalue weighted by atomic mass is 16.6. The zero-order valence-corrected chi connectivity index (χ0v) is 16.1. The number of hydrogen-bond donors (Lipinski definition) is 1. The molecule has 3 heterocycles. The lowest BCUT2D eigenvalue weighted by molar-refractivity contribution is 0.00881. The standard InChI is InChI=1S/C23H20N2O5/c24-10-16-20(30-19-13-29-21-18(26)12-28-22(19)21)15-8-4-5-9-17(15)25(23(16)27)11-14-6-2-1-3-7-14/h1-9,18-19,21-22,26H,11-13H2/t18-,19-,21+,22+/m0/s1. The molecule has 0 unspecified atom stereocenters. The number of rotatable bonds is 4. The number of pyridine rings is 1. The van der Waals surface area contributed by atoms with Gasteiger partial charge in [0.25, 0.3) is 5.56 Å². The number of ether oxygens (including phenoxy) is 3. The van der Waals surface area contributed by atoms with Crippen molar-refractivity contribution in [3.63, 3.8) is 0 Å². The largest absolute Gasteiger partial charge is 0.483 e. The third-order valence-electron chi connectivity index (χ3n) is 5.67. The molecule has 2 aliphatic heterocycles. The first kappa shape index (κ1) is 18.8. The summed E-state index contributed by atoms with van der Waals surface area (Å²) in [5.74, 6) is 0.238. The number of fused-ring (bicyclic) bond motifs is 2. The molecule has 152 valence electrons. The van der Waals surface area contributed by atoms with E-state index in [9.17, 15) is 15.2 Å². The molecule has 0 amide bonds. The van der Waals surface area contributed by atoms with Gasteiger partial charge in [0.05, 0.1) is 25.3 Å². The van der Waals surface area contributed by atoms with Crippen molar-refractivity contribution in [3.8, 4) is 11.8 Å². The molecule has 0 spiro atoms. The summed E-state index contributed by atoms with van der Waals surface area (Å²) in [6.45, 7) is 0.750. The minimum absolute atomic E-state index is 0.0494. The summed E-state index contributed by atoms with van der Waals surface area (Å²) in [5, 5.41) is 20.4. The Bertz CT molecular complexity index is 1180. The first-order valence-electron chi connectivity index (χ1n) is 9.85. The fraction of sp³-hybridized carbons (Fsp3) is 0.304. The van der Waals surface area contributed by atoms with Gasteiger partial charge in [-0.15, -0.1) is 0 Å². The van der Waals surface area contributed by atoms with Crippen LogP contribution in [0, 0.1) is 11.3 Å². The molecule has 4 atom stereocenters. The van der Waals surface area contributed by atoms with Gasteiger partial charge in [-0.3, -0.25) is 4.79 Å².